The highest BCUT2D eigenvalue weighted by Crippen LogP contribution is 2.33. The second-order valence-electron chi connectivity index (χ2n) is 15.5. The predicted octanol–water partition coefficient (Wildman–Crippen LogP) is 7.19. The molecule has 13 heteroatoms. The van der Waals surface area contributed by atoms with Gasteiger partial charge in [0.25, 0.3) is 0 Å². The minimum atomic E-state index is -0.706. The van der Waals surface area contributed by atoms with E-state index in [0.717, 1.165) is 53.7 Å². The number of carbonyl (C=O) groups excluding carboxylic acids is 2. The average molecular weight is 855 g/mol. The van der Waals surface area contributed by atoms with Crippen molar-refractivity contribution >= 4 is 12.0 Å². The maximum atomic E-state index is 15.8. The van der Waals surface area contributed by atoms with Gasteiger partial charge in [0, 0.05) is 33.9 Å². The fourth-order valence-corrected chi connectivity index (χ4v) is 7.87. The zero-order chi connectivity index (χ0) is 43.4. The highest BCUT2D eigenvalue weighted by molar-refractivity contribution is 5.89. The van der Waals surface area contributed by atoms with Crippen LogP contribution in [0.25, 0.3) is 0 Å². The summed E-state index contributed by atoms with van der Waals surface area (Å²) in [5.41, 5.74) is 5.25. The Bertz CT molecular complexity index is 1880. The lowest BCUT2D eigenvalue weighted by Crippen LogP contribution is -2.53. The molecule has 0 bridgehead atoms. The van der Waals surface area contributed by atoms with E-state index in [9.17, 15) is 4.79 Å². The number of methoxy groups -OCH3 is 3. The third kappa shape index (κ3) is 13.9. The van der Waals surface area contributed by atoms with Crippen LogP contribution in [-0.4, -0.2) is 120 Å². The fourth-order valence-electron chi connectivity index (χ4n) is 7.87. The molecule has 2 aliphatic heterocycles. The lowest BCUT2D eigenvalue weighted by Gasteiger charge is -2.38. The van der Waals surface area contributed by atoms with Gasteiger partial charge in [-0.3, -0.25) is 0 Å². The number of hydrogen-bond acceptors (Lipinski definition) is 11. The Morgan fingerprint density at radius 3 is 1.56 bits per heavy atom. The van der Waals surface area contributed by atoms with Crippen LogP contribution in [0.15, 0.2) is 109 Å². The standard InChI is InChI=1S/C49H62N2O11/c1-54-26-28-57-35-61-46-43(30-37-12-6-4-7-13-37)50(32-39-17-19-41(20-18-39)34-60-45-16-10-11-25-59-45)49(53)51(33-40-21-23-42(24-22-40)48(52)56-3)44(31-38-14-8-5-9-15-38)47(46)62-36-58-29-27-55-2/h4-9,12-15,17-24,43-47H,10-11,16,25-36H2,1-3H3/t43-,44-,45?,46+,47+/m1/s1. The van der Waals surface area contributed by atoms with E-state index in [4.69, 9.17) is 42.6 Å². The largest absolute Gasteiger partial charge is 0.465 e. The van der Waals surface area contributed by atoms with Gasteiger partial charge >= 0.3 is 12.0 Å². The average Bonchev–Trinajstić information content (AvgIpc) is 3.38. The Morgan fingerprint density at radius 2 is 1.10 bits per heavy atom. The van der Waals surface area contributed by atoms with Crippen molar-refractivity contribution in [1.29, 1.82) is 0 Å². The van der Waals surface area contributed by atoms with Gasteiger partial charge in [0.1, 0.15) is 25.8 Å². The topological polar surface area (TPSA) is 124 Å². The molecule has 6 rings (SSSR count). The summed E-state index contributed by atoms with van der Waals surface area (Å²) in [6.45, 7) is 2.96. The third-order valence-electron chi connectivity index (χ3n) is 11.2. The van der Waals surface area contributed by atoms with E-state index < -0.39 is 30.3 Å². The van der Waals surface area contributed by atoms with Crippen LogP contribution in [0.2, 0.25) is 0 Å². The minimum absolute atomic E-state index is 0.0573. The number of ether oxygens (including phenoxy) is 9. The third-order valence-corrected chi connectivity index (χ3v) is 11.2. The van der Waals surface area contributed by atoms with Crippen LogP contribution in [0.4, 0.5) is 4.79 Å². The monoisotopic (exact) mass is 854 g/mol. The highest BCUT2D eigenvalue weighted by Gasteiger charge is 2.49. The van der Waals surface area contributed by atoms with E-state index in [1.807, 2.05) is 70.5 Å². The van der Waals surface area contributed by atoms with Crippen LogP contribution in [0.3, 0.4) is 0 Å². The van der Waals surface area contributed by atoms with Crippen molar-refractivity contribution in [2.45, 2.75) is 82.4 Å². The molecule has 2 fully saturated rings. The molecule has 0 N–H and O–H groups in total. The molecule has 1 unspecified atom stereocenters. The zero-order valence-corrected chi connectivity index (χ0v) is 36.3. The Hall–Kier alpha value is -4.70. The summed E-state index contributed by atoms with van der Waals surface area (Å²) in [5, 5.41) is 0. The smallest absolute Gasteiger partial charge is 0.337 e. The number of rotatable bonds is 24. The summed E-state index contributed by atoms with van der Waals surface area (Å²) < 4.78 is 53.0. The van der Waals surface area contributed by atoms with Gasteiger partial charge in [0.05, 0.1) is 57.8 Å². The molecular formula is C49H62N2O11. The molecule has 0 radical (unpaired) electrons. The van der Waals surface area contributed by atoms with Gasteiger partial charge < -0.3 is 52.4 Å². The van der Waals surface area contributed by atoms with Crippen LogP contribution >= 0.6 is 0 Å². The number of benzene rings is 4. The molecule has 62 heavy (non-hydrogen) atoms. The maximum absolute atomic E-state index is 15.8. The first-order chi connectivity index (χ1) is 30.5. The van der Waals surface area contributed by atoms with E-state index in [1.54, 1.807) is 26.4 Å². The van der Waals surface area contributed by atoms with Gasteiger partial charge in [-0.25, -0.2) is 9.59 Å². The molecule has 2 heterocycles. The van der Waals surface area contributed by atoms with Crippen molar-refractivity contribution in [2.24, 2.45) is 0 Å². The predicted molar refractivity (Wildman–Crippen MR) is 232 cm³/mol. The molecule has 13 nitrogen and oxygen atoms in total. The van der Waals surface area contributed by atoms with Crippen molar-refractivity contribution < 1.29 is 52.2 Å². The quantitative estimate of drug-likeness (QED) is 0.0405. The lowest BCUT2D eigenvalue weighted by atomic mass is 9.90. The van der Waals surface area contributed by atoms with Gasteiger partial charge in [-0.15, -0.1) is 0 Å². The first-order valence-electron chi connectivity index (χ1n) is 21.5. The van der Waals surface area contributed by atoms with Gasteiger partial charge in [-0.1, -0.05) is 97.1 Å². The second-order valence-corrected chi connectivity index (χ2v) is 15.5. The second kappa shape index (κ2) is 25.4. The SMILES string of the molecule is COCCOCO[C@@H]1[C@@H](OCOCCOC)[C@@H](Cc2ccccc2)N(Cc2ccc(C(=O)OC)cc2)C(=O)N(Cc2ccc(COC3CCCCO3)cc2)[C@@H]1Cc1ccccc1. The van der Waals surface area contributed by atoms with Crippen molar-refractivity contribution in [3.8, 4) is 0 Å². The first kappa shape index (κ1) is 46.8. The Kier molecular flexibility index (Phi) is 19.2. The summed E-state index contributed by atoms with van der Waals surface area (Å²) in [7, 11) is 4.60. The van der Waals surface area contributed by atoms with Crippen molar-refractivity contribution in [3.05, 3.63) is 143 Å². The summed E-state index contributed by atoms with van der Waals surface area (Å²) in [4.78, 5) is 32.0. The molecule has 0 spiro atoms. The number of carbonyl (C=O) groups is 2. The summed E-state index contributed by atoms with van der Waals surface area (Å²) in [6.07, 6.45) is 2.36. The van der Waals surface area contributed by atoms with Gasteiger partial charge in [0.2, 0.25) is 0 Å². The van der Waals surface area contributed by atoms with Crippen LogP contribution in [-0.2, 0) is 75.2 Å². The fraction of sp³-hybridized carbons (Fsp3) is 0.469. The molecule has 4 aromatic rings. The summed E-state index contributed by atoms with van der Waals surface area (Å²) >= 11 is 0. The number of nitrogens with zero attached hydrogens (tertiary/aromatic N) is 2. The summed E-state index contributed by atoms with van der Waals surface area (Å²) in [6, 6.07) is 34.3. The number of urea groups is 1. The molecule has 2 amide bonds. The molecule has 2 aliphatic rings. The lowest BCUT2D eigenvalue weighted by molar-refractivity contribution is -0.192. The Labute approximate surface area is 366 Å². The van der Waals surface area contributed by atoms with Crippen LogP contribution in [0.5, 0.6) is 0 Å². The van der Waals surface area contributed by atoms with Crippen LogP contribution in [0.1, 0.15) is 57.4 Å². The van der Waals surface area contributed by atoms with Gasteiger partial charge in [-0.2, -0.15) is 0 Å². The molecule has 2 saturated heterocycles. The molecule has 0 saturated carbocycles. The maximum Gasteiger partial charge on any atom is 0.337 e. The van der Waals surface area contributed by atoms with Crippen LogP contribution in [0, 0.1) is 0 Å². The molecule has 5 atom stereocenters. The number of esters is 1. The molecule has 4 aromatic carbocycles. The van der Waals surface area contributed by atoms with Crippen molar-refractivity contribution in [3.63, 3.8) is 0 Å². The zero-order valence-electron chi connectivity index (χ0n) is 36.3. The number of hydrogen-bond donors (Lipinski definition) is 0. The summed E-state index contributed by atoms with van der Waals surface area (Å²) in [5.74, 6) is -0.436. The molecular weight excluding hydrogens is 793 g/mol. The van der Waals surface area contributed by atoms with E-state index >= 15 is 4.79 Å². The first-order valence-corrected chi connectivity index (χ1v) is 21.5. The molecule has 0 aromatic heterocycles. The molecule has 334 valence electrons. The van der Waals surface area contributed by atoms with Crippen molar-refractivity contribution in [2.75, 3.05) is 67.9 Å². The van der Waals surface area contributed by atoms with E-state index in [2.05, 4.69) is 36.4 Å². The normalized spacial score (nSPS) is 20.6. The molecule has 0 aliphatic carbocycles. The van der Waals surface area contributed by atoms with Gasteiger partial charge in [-0.05, 0) is 72.1 Å². The van der Waals surface area contributed by atoms with E-state index in [-0.39, 0.29) is 39.0 Å². The minimum Gasteiger partial charge on any atom is -0.465 e. The van der Waals surface area contributed by atoms with Crippen molar-refractivity contribution in [1.82, 2.24) is 9.80 Å². The number of amides is 2. The van der Waals surface area contributed by atoms with E-state index in [1.165, 1.54) is 7.11 Å². The van der Waals surface area contributed by atoms with E-state index in [0.29, 0.717) is 51.4 Å². The Morgan fingerprint density at radius 1 is 0.597 bits per heavy atom. The van der Waals surface area contributed by atoms with Gasteiger partial charge in [0.15, 0.2) is 6.29 Å². The highest BCUT2D eigenvalue weighted by atomic mass is 16.7. The van der Waals surface area contributed by atoms with Crippen LogP contribution < -0.4 is 0 Å². The Balaban J connectivity index is 1.43.